The topological polar surface area (TPSA) is 17.3 Å². The smallest absolute Gasteiger partial charge is 0.0661 e. The number of thiol groups is 1. The summed E-state index contributed by atoms with van der Waals surface area (Å²) >= 11 is 4.36. The van der Waals surface area contributed by atoms with Crippen LogP contribution in [-0.4, -0.2) is 15.4 Å². The lowest BCUT2D eigenvalue weighted by molar-refractivity contribution is 0.598. The van der Waals surface area contributed by atoms with Crippen LogP contribution in [0.25, 0.3) is 5.52 Å². The highest BCUT2D eigenvalue weighted by Crippen LogP contribution is 2.24. The summed E-state index contributed by atoms with van der Waals surface area (Å²) < 4.78 is 1.90. The SMILES string of the molecule is CC(C)(CS)c1ccc2ccnn2c1. The largest absolute Gasteiger partial charge is 0.241 e. The van der Waals surface area contributed by atoms with Crippen molar-refractivity contribution >= 4 is 18.1 Å². The Hall–Kier alpha value is -0.960. The lowest BCUT2D eigenvalue weighted by atomic mass is 9.88. The number of nitrogens with zero attached hydrogens (tertiary/aromatic N) is 2. The Morgan fingerprint density at radius 1 is 1.36 bits per heavy atom. The molecule has 2 aromatic rings. The Labute approximate surface area is 89.4 Å². The first kappa shape index (κ1) is 9.59. The summed E-state index contributed by atoms with van der Waals surface area (Å²) in [5, 5.41) is 4.22. The van der Waals surface area contributed by atoms with Crippen molar-refractivity contribution in [3.63, 3.8) is 0 Å². The van der Waals surface area contributed by atoms with Crippen LogP contribution in [0.15, 0.2) is 30.6 Å². The van der Waals surface area contributed by atoms with E-state index >= 15 is 0 Å². The molecule has 2 heterocycles. The minimum absolute atomic E-state index is 0.100. The van der Waals surface area contributed by atoms with Crippen molar-refractivity contribution in [1.29, 1.82) is 0 Å². The molecule has 0 fully saturated rings. The van der Waals surface area contributed by atoms with Crippen molar-refractivity contribution < 1.29 is 0 Å². The highest BCUT2D eigenvalue weighted by atomic mass is 32.1. The van der Waals surface area contributed by atoms with Crippen LogP contribution in [0.3, 0.4) is 0 Å². The first-order valence-electron chi connectivity index (χ1n) is 4.68. The molecule has 0 radical (unpaired) electrons. The Morgan fingerprint density at radius 3 is 2.86 bits per heavy atom. The molecule has 0 aliphatic heterocycles. The fraction of sp³-hybridized carbons (Fsp3) is 0.364. The molecule has 0 aromatic carbocycles. The molecule has 0 atom stereocenters. The number of pyridine rings is 1. The van der Waals surface area contributed by atoms with Gasteiger partial charge in [0.05, 0.1) is 5.52 Å². The summed E-state index contributed by atoms with van der Waals surface area (Å²) in [4.78, 5) is 0. The zero-order valence-corrected chi connectivity index (χ0v) is 9.33. The number of rotatable bonds is 2. The van der Waals surface area contributed by atoms with Crippen LogP contribution < -0.4 is 0 Å². The van der Waals surface area contributed by atoms with Crippen molar-refractivity contribution in [2.45, 2.75) is 19.3 Å². The van der Waals surface area contributed by atoms with E-state index in [9.17, 15) is 0 Å². The fourth-order valence-corrected chi connectivity index (χ4v) is 1.59. The molecule has 0 saturated heterocycles. The summed E-state index contributed by atoms with van der Waals surface area (Å²) in [6, 6.07) is 6.23. The fourth-order valence-electron chi connectivity index (χ4n) is 1.41. The minimum Gasteiger partial charge on any atom is -0.241 e. The molecule has 0 unspecified atom stereocenters. The van der Waals surface area contributed by atoms with E-state index in [0.29, 0.717) is 0 Å². The van der Waals surface area contributed by atoms with Crippen molar-refractivity contribution in [1.82, 2.24) is 9.61 Å². The standard InChI is InChI=1S/C11H14N2S/c1-11(2,8-14)9-3-4-10-5-6-12-13(10)7-9/h3-7,14H,8H2,1-2H3. The Bertz CT molecular complexity index is 445. The molecular formula is C11H14N2S. The highest BCUT2D eigenvalue weighted by Gasteiger charge is 2.18. The normalized spacial score (nSPS) is 12.2. The highest BCUT2D eigenvalue weighted by molar-refractivity contribution is 7.80. The quantitative estimate of drug-likeness (QED) is 0.747. The second kappa shape index (κ2) is 3.31. The van der Waals surface area contributed by atoms with Gasteiger partial charge in [0.25, 0.3) is 0 Å². The van der Waals surface area contributed by atoms with Crippen LogP contribution in [-0.2, 0) is 5.41 Å². The van der Waals surface area contributed by atoms with Gasteiger partial charge in [-0.2, -0.15) is 17.7 Å². The van der Waals surface area contributed by atoms with Crippen molar-refractivity contribution in [3.05, 3.63) is 36.2 Å². The van der Waals surface area contributed by atoms with Crippen LogP contribution in [0, 0.1) is 0 Å². The Morgan fingerprint density at radius 2 is 2.14 bits per heavy atom. The zero-order chi connectivity index (χ0) is 10.2. The Kier molecular flexibility index (Phi) is 2.27. The van der Waals surface area contributed by atoms with Gasteiger partial charge in [0, 0.05) is 12.4 Å². The van der Waals surface area contributed by atoms with Gasteiger partial charge >= 0.3 is 0 Å². The second-order valence-corrected chi connectivity index (χ2v) is 4.48. The van der Waals surface area contributed by atoms with Crippen molar-refractivity contribution in [2.75, 3.05) is 5.75 Å². The maximum atomic E-state index is 4.36. The molecule has 2 aromatic heterocycles. The van der Waals surface area contributed by atoms with Crippen LogP contribution in [0.2, 0.25) is 0 Å². The molecule has 0 N–H and O–H groups in total. The van der Waals surface area contributed by atoms with E-state index in [-0.39, 0.29) is 5.41 Å². The molecule has 2 nitrogen and oxygen atoms in total. The summed E-state index contributed by atoms with van der Waals surface area (Å²) in [5.41, 5.74) is 2.50. The van der Waals surface area contributed by atoms with Gasteiger partial charge in [-0.15, -0.1) is 0 Å². The van der Waals surface area contributed by atoms with Gasteiger partial charge in [-0.3, -0.25) is 0 Å². The number of fused-ring (bicyclic) bond motifs is 1. The van der Waals surface area contributed by atoms with Crippen LogP contribution in [0.4, 0.5) is 0 Å². The van der Waals surface area contributed by atoms with Crippen molar-refractivity contribution in [2.24, 2.45) is 0 Å². The van der Waals surface area contributed by atoms with E-state index in [1.54, 1.807) is 0 Å². The van der Waals surface area contributed by atoms with Crippen LogP contribution >= 0.6 is 12.6 Å². The summed E-state index contributed by atoms with van der Waals surface area (Å²) in [6.45, 7) is 4.37. The molecule has 0 saturated carbocycles. The van der Waals surface area contributed by atoms with Gasteiger partial charge in [0.1, 0.15) is 0 Å². The van der Waals surface area contributed by atoms with E-state index in [2.05, 4.69) is 49.9 Å². The third kappa shape index (κ3) is 1.52. The summed E-state index contributed by atoms with van der Waals surface area (Å²) in [7, 11) is 0. The third-order valence-electron chi connectivity index (χ3n) is 2.57. The van der Waals surface area contributed by atoms with E-state index in [0.717, 1.165) is 11.3 Å². The lowest BCUT2D eigenvalue weighted by Gasteiger charge is -2.22. The van der Waals surface area contributed by atoms with Gasteiger partial charge in [0.2, 0.25) is 0 Å². The lowest BCUT2D eigenvalue weighted by Crippen LogP contribution is -2.19. The van der Waals surface area contributed by atoms with Gasteiger partial charge in [0.15, 0.2) is 0 Å². The molecule has 3 heteroatoms. The number of hydrogen-bond acceptors (Lipinski definition) is 2. The first-order chi connectivity index (χ1) is 6.63. The van der Waals surface area contributed by atoms with E-state index < -0.39 is 0 Å². The van der Waals surface area contributed by atoms with Crippen LogP contribution in [0.5, 0.6) is 0 Å². The van der Waals surface area contributed by atoms with Crippen molar-refractivity contribution in [3.8, 4) is 0 Å². The molecule has 0 spiro atoms. The van der Waals surface area contributed by atoms with Gasteiger partial charge in [-0.1, -0.05) is 19.9 Å². The zero-order valence-electron chi connectivity index (χ0n) is 8.44. The molecule has 0 bridgehead atoms. The Balaban J connectivity index is 2.53. The summed E-state index contributed by atoms with van der Waals surface area (Å²) in [5.74, 6) is 0.833. The van der Waals surface area contributed by atoms with Gasteiger partial charge in [-0.25, -0.2) is 4.52 Å². The number of aromatic nitrogens is 2. The number of hydrogen-bond donors (Lipinski definition) is 1. The molecule has 0 aliphatic rings. The van der Waals surface area contributed by atoms with E-state index in [4.69, 9.17) is 0 Å². The van der Waals surface area contributed by atoms with E-state index in [1.807, 2.05) is 16.8 Å². The van der Waals surface area contributed by atoms with E-state index in [1.165, 1.54) is 5.56 Å². The predicted molar refractivity (Wildman–Crippen MR) is 62.1 cm³/mol. The molecule has 74 valence electrons. The first-order valence-corrected chi connectivity index (χ1v) is 5.31. The molecule has 0 aliphatic carbocycles. The summed E-state index contributed by atoms with van der Waals surface area (Å²) in [6.07, 6.45) is 3.89. The third-order valence-corrected chi connectivity index (χ3v) is 3.36. The molecule has 2 rings (SSSR count). The second-order valence-electron chi connectivity index (χ2n) is 4.16. The molecule has 14 heavy (non-hydrogen) atoms. The average Bonchev–Trinajstić information content (AvgIpc) is 2.64. The average molecular weight is 206 g/mol. The molecule has 0 amide bonds. The minimum atomic E-state index is 0.100. The van der Waals surface area contributed by atoms with Gasteiger partial charge in [-0.05, 0) is 28.9 Å². The monoisotopic (exact) mass is 206 g/mol. The molecular weight excluding hydrogens is 192 g/mol. The van der Waals surface area contributed by atoms with Gasteiger partial charge < -0.3 is 0 Å². The maximum absolute atomic E-state index is 4.36. The van der Waals surface area contributed by atoms with Crippen LogP contribution in [0.1, 0.15) is 19.4 Å². The predicted octanol–water partition coefficient (Wildman–Crippen LogP) is 2.54. The maximum Gasteiger partial charge on any atom is 0.0661 e.